The summed E-state index contributed by atoms with van der Waals surface area (Å²) >= 11 is 3.12. The molecule has 7 heteroatoms. The predicted molar refractivity (Wildman–Crippen MR) is 77.6 cm³/mol. The van der Waals surface area contributed by atoms with Crippen LogP contribution in [0.2, 0.25) is 0 Å². The van der Waals surface area contributed by atoms with Crippen molar-refractivity contribution in [3.05, 3.63) is 0 Å². The quantitative estimate of drug-likeness (QED) is 0.657. The summed E-state index contributed by atoms with van der Waals surface area (Å²) in [4.78, 5) is 12.2. The minimum Gasteiger partial charge on any atom is -0.317 e. The van der Waals surface area contributed by atoms with E-state index in [4.69, 9.17) is 0 Å². The van der Waals surface area contributed by atoms with E-state index in [-0.39, 0.29) is 17.2 Å². The van der Waals surface area contributed by atoms with Gasteiger partial charge in [0, 0.05) is 5.92 Å². The highest BCUT2D eigenvalue weighted by Crippen LogP contribution is 2.58. The lowest BCUT2D eigenvalue weighted by Crippen LogP contribution is -2.31. The van der Waals surface area contributed by atoms with Gasteiger partial charge >= 0.3 is 0 Å². The number of amides is 1. The Bertz CT molecular complexity index is 470. The molecular weight excluding hydrogens is 280 g/mol. The highest BCUT2D eigenvalue weighted by molar-refractivity contribution is 8.01. The Labute approximate surface area is 121 Å². The molecule has 1 aliphatic carbocycles. The van der Waals surface area contributed by atoms with E-state index >= 15 is 0 Å². The van der Waals surface area contributed by atoms with Crippen molar-refractivity contribution in [3.63, 3.8) is 0 Å². The molecule has 2 heterocycles. The Balaban J connectivity index is 1.56. The molecule has 3 rings (SSSR count). The topological polar surface area (TPSA) is 66.9 Å². The maximum absolute atomic E-state index is 12.2. The van der Waals surface area contributed by atoms with Crippen molar-refractivity contribution in [2.45, 2.75) is 30.5 Å². The largest absolute Gasteiger partial charge is 0.317 e. The molecule has 0 radical (unpaired) electrons. The number of hydrogen-bond acceptors (Lipinski definition) is 6. The fourth-order valence-electron chi connectivity index (χ4n) is 2.83. The van der Waals surface area contributed by atoms with E-state index in [0.29, 0.717) is 5.13 Å². The van der Waals surface area contributed by atoms with Gasteiger partial charge in [-0.2, -0.15) is 0 Å². The third-order valence-corrected chi connectivity index (χ3v) is 5.86. The average molecular weight is 298 g/mol. The zero-order valence-corrected chi connectivity index (χ0v) is 12.6. The summed E-state index contributed by atoms with van der Waals surface area (Å²) in [6.45, 7) is 4.16. The Morgan fingerprint density at radius 1 is 1.53 bits per heavy atom. The summed E-state index contributed by atoms with van der Waals surface area (Å²) in [5.41, 5.74) is 0.279. The van der Waals surface area contributed by atoms with E-state index in [2.05, 4.69) is 27.8 Å². The Morgan fingerprint density at radius 2 is 2.32 bits per heavy atom. The summed E-state index contributed by atoms with van der Waals surface area (Å²) in [5, 5.41) is 15.0. The summed E-state index contributed by atoms with van der Waals surface area (Å²) in [5.74, 6) is 1.29. The maximum Gasteiger partial charge on any atom is 0.229 e. The summed E-state index contributed by atoms with van der Waals surface area (Å²) in [6, 6.07) is 0. The molecule has 1 spiro atoms. The number of carbonyl (C=O) groups excluding carboxylic acids is 1. The fourth-order valence-corrected chi connectivity index (χ4v) is 4.48. The van der Waals surface area contributed by atoms with E-state index in [0.717, 1.165) is 42.4 Å². The summed E-state index contributed by atoms with van der Waals surface area (Å²) in [6.07, 6.45) is 3.28. The normalized spacial score (nSPS) is 24.4. The molecule has 1 aromatic rings. The zero-order valence-electron chi connectivity index (χ0n) is 10.9. The second-order valence-corrected chi connectivity index (χ2v) is 7.65. The Kier molecular flexibility index (Phi) is 3.77. The fraction of sp³-hybridized carbons (Fsp3) is 0.750. The smallest absolute Gasteiger partial charge is 0.229 e. The number of piperidine rings is 1. The molecule has 2 aliphatic rings. The lowest BCUT2D eigenvalue weighted by Gasteiger charge is -2.22. The SMILES string of the molecule is CCSc1nnc(NC(=O)C2CC23CCNCC3)s1. The first-order chi connectivity index (χ1) is 9.23. The molecule has 1 atom stereocenters. The lowest BCUT2D eigenvalue weighted by molar-refractivity contribution is -0.118. The van der Waals surface area contributed by atoms with Gasteiger partial charge in [-0.25, -0.2) is 0 Å². The number of hydrogen-bond donors (Lipinski definition) is 2. The van der Waals surface area contributed by atoms with Gasteiger partial charge in [-0.1, -0.05) is 30.0 Å². The first kappa shape index (κ1) is 13.3. The van der Waals surface area contributed by atoms with Crippen LogP contribution in [0.3, 0.4) is 0 Å². The van der Waals surface area contributed by atoms with Crippen LogP contribution in [0.25, 0.3) is 0 Å². The second-order valence-electron chi connectivity index (χ2n) is 5.16. The highest BCUT2D eigenvalue weighted by atomic mass is 32.2. The predicted octanol–water partition coefficient (Wildman–Crippen LogP) is 1.98. The number of nitrogens with one attached hydrogen (secondary N) is 2. The van der Waals surface area contributed by atoms with Crippen LogP contribution in [0.15, 0.2) is 4.34 Å². The van der Waals surface area contributed by atoms with Gasteiger partial charge in [0.25, 0.3) is 0 Å². The molecule has 19 heavy (non-hydrogen) atoms. The minimum atomic E-state index is 0.131. The van der Waals surface area contributed by atoms with Crippen molar-refractivity contribution < 1.29 is 4.79 Å². The summed E-state index contributed by atoms with van der Waals surface area (Å²) in [7, 11) is 0. The standard InChI is InChI=1S/C12H18N4OS2/c1-2-18-11-16-15-10(19-11)14-9(17)8-7-12(8)3-5-13-6-4-12/h8,13H,2-7H2,1H3,(H,14,15,17). The van der Waals surface area contributed by atoms with E-state index in [9.17, 15) is 4.79 Å². The molecule has 1 aromatic heterocycles. The number of nitrogens with zero attached hydrogens (tertiary/aromatic N) is 2. The van der Waals surface area contributed by atoms with Crippen LogP contribution < -0.4 is 10.6 Å². The zero-order chi connectivity index (χ0) is 13.3. The van der Waals surface area contributed by atoms with Crippen molar-refractivity contribution >= 4 is 34.1 Å². The molecule has 1 aliphatic heterocycles. The molecule has 1 saturated carbocycles. The van der Waals surface area contributed by atoms with Crippen LogP contribution in [0, 0.1) is 11.3 Å². The van der Waals surface area contributed by atoms with Crippen molar-refractivity contribution in [1.82, 2.24) is 15.5 Å². The molecule has 1 unspecified atom stereocenters. The van der Waals surface area contributed by atoms with Crippen molar-refractivity contribution in [2.75, 3.05) is 24.2 Å². The van der Waals surface area contributed by atoms with Gasteiger partial charge in [-0.05, 0) is 43.5 Å². The van der Waals surface area contributed by atoms with E-state index < -0.39 is 0 Å². The van der Waals surface area contributed by atoms with Crippen LogP contribution >= 0.6 is 23.1 Å². The molecule has 5 nitrogen and oxygen atoms in total. The first-order valence-corrected chi connectivity index (χ1v) is 8.51. The lowest BCUT2D eigenvalue weighted by atomic mass is 9.92. The molecule has 0 aromatic carbocycles. The van der Waals surface area contributed by atoms with Crippen LogP contribution in [-0.4, -0.2) is 34.9 Å². The third-order valence-electron chi connectivity index (χ3n) is 4.01. The minimum absolute atomic E-state index is 0.131. The van der Waals surface area contributed by atoms with Gasteiger partial charge in [0.15, 0.2) is 4.34 Å². The van der Waals surface area contributed by atoms with E-state index in [1.165, 1.54) is 11.3 Å². The molecule has 1 amide bonds. The van der Waals surface area contributed by atoms with Crippen molar-refractivity contribution in [2.24, 2.45) is 11.3 Å². The molecule has 1 saturated heterocycles. The van der Waals surface area contributed by atoms with Crippen LogP contribution in [-0.2, 0) is 4.79 Å². The molecule has 2 fully saturated rings. The van der Waals surface area contributed by atoms with Crippen molar-refractivity contribution in [1.29, 1.82) is 0 Å². The third kappa shape index (κ3) is 2.78. The Morgan fingerprint density at radius 3 is 3.05 bits per heavy atom. The van der Waals surface area contributed by atoms with Crippen molar-refractivity contribution in [3.8, 4) is 0 Å². The van der Waals surface area contributed by atoms with Gasteiger partial charge in [0.1, 0.15) is 0 Å². The summed E-state index contributed by atoms with van der Waals surface area (Å²) < 4.78 is 0.921. The van der Waals surface area contributed by atoms with E-state index in [1.54, 1.807) is 11.8 Å². The average Bonchev–Trinajstić information content (AvgIpc) is 2.91. The highest BCUT2D eigenvalue weighted by Gasteiger charge is 2.57. The second kappa shape index (κ2) is 5.38. The number of aromatic nitrogens is 2. The molecule has 104 valence electrons. The number of carbonyl (C=O) groups is 1. The van der Waals surface area contributed by atoms with Crippen LogP contribution in [0.1, 0.15) is 26.2 Å². The van der Waals surface area contributed by atoms with E-state index in [1.807, 2.05) is 0 Å². The molecule has 0 bridgehead atoms. The van der Waals surface area contributed by atoms with Gasteiger partial charge in [0.2, 0.25) is 11.0 Å². The van der Waals surface area contributed by atoms with Gasteiger partial charge in [-0.3, -0.25) is 4.79 Å². The molecule has 2 N–H and O–H groups in total. The van der Waals surface area contributed by atoms with Crippen LogP contribution in [0.4, 0.5) is 5.13 Å². The molecular formula is C12H18N4OS2. The monoisotopic (exact) mass is 298 g/mol. The van der Waals surface area contributed by atoms with Crippen LogP contribution in [0.5, 0.6) is 0 Å². The van der Waals surface area contributed by atoms with Gasteiger partial charge in [-0.15, -0.1) is 10.2 Å². The van der Waals surface area contributed by atoms with Gasteiger partial charge in [0.05, 0.1) is 0 Å². The van der Waals surface area contributed by atoms with Gasteiger partial charge < -0.3 is 10.6 Å². The number of rotatable bonds is 4. The maximum atomic E-state index is 12.2. The Hall–Kier alpha value is -0.660. The first-order valence-electron chi connectivity index (χ1n) is 6.71. The number of thioether (sulfide) groups is 1. The number of anilines is 1.